The van der Waals surface area contributed by atoms with Crippen LogP contribution in [-0.2, 0) is 20.8 Å². The van der Waals surface area contributed by atoms with E-state index in [9.17, 15) is 14.4 Å². The lowest BCUT2D eigenvalue weighted by atomic mass is 9.97. The fraction of sp³-hybridized carbons (Fsp3) is 0.421. The minimum atomic E-state index is -0.812. The normalized spacial score (nSPS) is 15.1. The van der Waals surface area contributed by atoms with Crippen LogP contribution in [0.2, 0.25) is 5.02 Å². The molecule has 27 heavy (non-hydrogen) atoms. The third-order valence-electron chi connectivity index (χ3n) is 5.07. The second-order valence-corrected chi connectivity index (χ2v) is 7.36. The molecular formula is C19H22ClN3O4. The van der Waals surface area contributed by atoms with Crippen molar-refractivity contribution in [3.8, 4) is 0 Å². The first kappa shape index (κ1) is 19.2. The van der Waals surface area contributed by atoms with Gasteiger partial charge in [0.15, 0.2) is 0 Å². The Labute approximate surface area is 161 Å². The average molecular weight is 392 g/mol. The Kier molecular flexibility index (Phi) is 5.70. The third-order valence-corrected chi connectivity index (χ3v) is 5.30. The van der Waals surface area contributed by atoms with Gasteiger partial charge in [-0.25, -0.2) is 0 Å². The highest BCUT2D eigenvalue weighted by Gasteiger charge is 2.28. The summed E-state index contributed by atoms with van der Waals surface area (Å²) in [5, 5.41) is 10.5. The van der Waals surface area contributed by atoms with Crippen LogP contribution >= 0.6 is 11.6 Å². The number of piperidine rings is 1. The second-order valence-electron chi connectivity index (χ2n) is 6.92. The van der Waals surface area contributed by atoms with Crippen LogP contribution in [0.4, 0.5) is 0 Å². The third kappa shape index (κ3) is 4.42. The molecule has 0 spiro atoms. The molecule has 0 radical (unpaired) electrons. The maximum absolute atomic E-state index is 12.5. The highest BCUT2D eigenvalue weighted by atomic mass is 35.5. The molecule has 1 aromatic heterocycles. The number of carbonyl (C=O) groups is 3. The van der Waals surface area contributed by atoms with Gasteiger partial charge in [0.2, 0.25) is 11.8 Å². The summed E-state index contributed by atoms with van der Waals surface area (Å²) in [5.74, 6) is -1.52. The Balaban J connectivity index is 1.56. The van der Waals surface area contributed by atoms with E-state index in [1.165, 1.54) is 4.90 Å². The number of likely N-dealkylation sites (N-methyl/N-ethyl adjacent to an activating group) is 1. The Morgan fingerprint density at radius 2 is 2.00 bits per heavy atom. The molecule has 0 unspecified atom stereocenters. The lowest BCUT2D eigenvalue weighted by Crippen LogP contribution is -2.45. The fourth-order valence-corrected chi connectivity index (χ4v) is 3.53. The van der Waals surface area contributed by atoms with Crippen molar-refractivity contribution in [1.29, 1.82) is 0 Å². The Morgan fingerprint density at radius 1 is 1.30 bits per heavy atom. The number of rotatable bonds is 5. The molecular weight excluding hydrogens is 370 g/mol. The van der Waals surface area contributed by atoms with Crippen molar-refractivity contribution in [2.24, 2.45) is 5.92 Å². The number of halogens is 1. The predicted molar refractivity (Wildman–Crippen MR) is 102 cm³/mol. The van der Waals surface area contributed by atoms with Crippen LogP contribution in [0.3, 0.4) is 0 Å². The minimum absolute atomic E-state index is 0.0142. The van der Waals surface area contributed by atoms with Crippen molar-refractivity contribution in [3.63, 3.8) is 0 Å². The van der Waals surface area contributed by atoms with Gasteiger partial charge >= 0.3 is 5.97 Å². The van der Waals surface area contributed by atoms with Gasteiger partial charge in [-0.2, -0.15) is 0 Å². The number of aromatic amines is 1. The number of nitrogens with zero attached hydrogens (tertiary/aromatic N) is 2. The largest absolute Gasteiger partial charge is 0.481 e. The Morgan fingerprint density at radius 3 is 2.67 bits per heavy atom. The fourth-order valence-electron chi connectivity index (χ4n) is 3.36. The first-order chi connectivity index (χ1) is 12.8. The maximum Gasteiger partial charge on any atom is 0.306 e. The maximum atomic E-state index is 12.5. The molecule has 1 aliphatic rings. The van der Waals surface area contributed by atoms with E-state index in [4.69, 9.17) is 16.7 Å². The molecule has 1 aliphatic heterocycles. The van der Waals surface area contributed by atoms with E-state index in [2.05, 4.69) is 4.98 Å². The van der Waals surface area contributed by atoms with E-state index >= 15 is 0 Å². The second kappa shape index (κ2) is 8.00. The molecule has 0 bridgehead atoms. The van der Waals surface area contributed by atoms with Crippen molar-refractivity contribution in [2.45, 2.75) is 19.3 Å². The topological polar surface area (TPSA) is 93.7 Å². The van der Waals surface area contributed by atoms with Crippen LogP contribution in [0.25, 0.3) is 10.9 Å². The zero-order valence-electron chi connectivity index (χ0n) is 15.1. The van der Waals surface area contributed by atoms with Crippen molar-refractivity contribution < 1.29 is 19.5 Å². The molecule has 2 amide bonds. The van der Waals surface area contributed by atoms with Gasteiger partial charge in [-0.3, -0.25) is 14.4 Å². The molecule has 0 atom stereocenters. The summed E-state index contributed by atoms with van der Waals surface area (Å²) in [7, 11) is 1.60. The number of benzene rings is 1. The zero-order chi connectivity index (χ0) is 19.6. The van der Waals surface area contributed by atoms with Gasteiger partial charge in [0.05, 0.1) is 18.9 Å². The summed E-state index contributed by atoms with van der Waals surface area (Å²) >= 11 is 6.04. The van der Waals surface area contributed by atoms with E-state index in [1.54, 1.807) is 24.2 Å². The van der Waals surface area contributed by atoms with Gasteiger partial charge in [0.25, 0.3) is 0 Å². The summed E-state index contributed by atoms with van der Waals surface area (Å²) in [4.78, 5) is 42.1. The van der Waals surface area contributed by atoms with Crippen molar-refractivity contribution in [3.05, 3.63) is 35.0 Å². The molecule has 1 saturated heterocycles. The van der Waals surface area contributed by atoms with Crippen LogP contribution in [0.1, 0.15) is 18.4 Å². The number of hydrogen-bond donors (Lipinski definition) is 2. The van der Waals surface area contributed by atoms with Gasteiger partial charge in [-0.1, -0.05) is 11.6 Å². The van der Waals surface area contributed by atoms with Gasteiger partial charge in [-0.05, 0) is 36.6 Å². The molecule has 2 aromatic rings. The number of aromatic nitrogens is 1. The summed E-state index contributed by atoms with van der Waals surface area (Å²) in [5.41, 5.74) is 1.74. The van der Waals surface area contributed by atoms with Crippen molar-refractivity contribution in [1.82, 2.24) is 14.8 Å². The van der Waals surface area contributed by atoms with Crippen molar-refractivity contribution >= 4 is 40.3 Å². The number of nitrogens with one attached hydrogen (secondary N) is 1. The molecule has 7 nitrogen and oxygen atoms in total. The van der Waals surface area contributed by atoms with Gasteiger partial charge in [-0.15, -0.1) is 0 Å². The Bertz CT molecular complexity index is 871. The van der Waals surface area contributed by atoms with E-state index in [-0.39, 0.29) is 30.7 Å². The van der Waals surface area contributed by atoms with Gasteiger partial charge in [0, 0.05) is 42.3 Å². The summed E-state index contributed by atoms with van der Waals surface area (Å²) in [6.07, 6.45) is 2.86. The standard InChI is InChI=1S/C19H22ClN3O4/c1-22(11-18(25)23-6-4-12(5-7-23)19(26)27)17(24)8-13-10-21-16-3-2-14(20)9-15(13)16/h2-3,9-10,12,21H,4-8,11H2,1H3,(H,26,27). The molecule has 3 rings (SSSR count). The SMILES string of the molecule is CN(CC(=O)N1CCC(C(=O)O)CC1)C(=O)Cc1c[nH]c2ccc(Cl)cc12. The molecule has 1 aromatic carbocycles. The Hall–Kier alpha value is -2.54. The highest BCUT2D eigenvalue weighted by molar-refractivity contribution is 6.31. The zero-order valence-corrected chi connectivity index (χ0v) is 15.8. The number of H-pyrrole nitrogens is 1. The number of carboxylic acid groups (broad SMARTS) is 1. The number of carboxylic acids is 1. The number of aliphatic carboxylic acids is 1. The molecule has 2 heterocycles. The molecule has 0 saturated carbocycles. The number of amides is 2. The predicted octanol–water partition coefficient (Wildman–Crippen LogP) is 2.15. The smallest absolute Gasteiger partial charge is 0.306 e. The van der Waals surface area contributed by atoms with Crippen molar-refractivity contribution in [2.75, 3.05) is 26.7 Å². The molecule has 1 fully saturated rings. The van der Waals surface area contributed by atoms with E-state index in [1.807, 2.05) is 12.1 Å². The van der Waals surface area contributed by atoms with Crippen LogP contribution in [0.15, 0.2) is 24.4 Å². The molecule has 0 aliphatic carbocycles. The number of hydrogen-bond acceptors (Lipinski definition) is 3. The van der Waals surface area contributed by atoms with Gasteiger partial charge in [0.1, 0.15) is 0 Å². The van der Waals surface area contributed by atoms with Crippen LogP contribution in [0.5, 0.6) is 0 Å². The average Bonchev–Trinajstić information content (AvgIpc) is 3.03. The lowest BCUT2D eigenvalue weighted by Gasteiger charge is -2.31. The summed E-state index contributed by atoms with van der Waals surface area (Å²) in [6, 6.07) is 5.46. The van der Waals surface area contributed by atoms with Crippen LogP contribution in [-0.4, -0.2) is 64.4 Å². The van der Waals surface area contributed by atoms with E-state index in [0.717, 1.165) is 16.5 Å². The molecule has 8 heteroatoms. The summed E-state index contributed by atoms with van der Waals surface area (Å²) in [6.45, 7) is 0.817. The van der Waals surface area contributed by atoms with Gasteiger partial charge < -0.3 is 19.9 Å². The first-order valence-electron chi connectivity index (χ1n) is 8.85. The lowest BCUT2D eigenvalue weighted by molar-refractivity contribution is -0.146. The number of fused-ring (bicyclic) bond motifs is 1. The minimum Gasteiger partial charge on any atom is -0.481 e. The quantitative estimate of drug-likeness (QED) is 0.816. The number of carbonyl (C=O) groups excluding carboxylic acids is 2. The molecule has 144 valence electrons. The first-order valence-corrected chi connectivity index (χ1v) is 9.23. The van der Waals surface area contributed by atoms with Crippen LogP contribution in [0, 0.1) is 5.92 Å². The summed E-state index contributed by atoms with van der Waals surface area (Å²) < 4.78 is 0. The highest BCUT2D eigenvalue weighted by Crippen LogP contribution is 2.23. The van der Waals surface area contributed by atoms with E-state index in [0.29, 0.717) is 31.0 Å². The number of likely N-dealkylation sites (tertiary alicyclic amines) is 1. The molecule has 2 N–H and O–H groups in total. The van der Waals surface area contributed by atoms with E-state index < -0.39 is 5.97 Å². The monoisotopic (exact) mass is 391 g/mol. The van der Waals surface area contributed by atoms with Crippen LogP contribution < -0.4 is 0 Å².